The topological polar surface area (TPSA) is 41.9 Å². The fourth-order valence-corrected chi connectivity index (χ4v) is 2.48. The van der Waals surface area contributed by atoms with Gasteiger partial charge in [-0.2, -0.15) is 5.10 Å². The molecule has 0 atom stereocenters. The van der Waals surface area contributed by atoms with Crippen LogP contribution in [0, 0.1) is 5.82 Å². The van der Waals surface area contributed by atoms with Crippen molar-refractivity contribution < 1.29 is 4.39 Å². The molecular formula is C19H19FN4. The van der Waals surface area contributed by atoms with E-state index >= 15 is 0 Å². The van der Waals surface area contributed by atoms with E-state index in [-0.39, 0.29) is 5.82 Å². The third-order valence-electron chi connectivity index (χ3n) is 3.89. The van der Waals surface area contributed by atoms with Crippen LogP contribution in [0.4, 0.5) is 10.3 Å². The van der Waals surface area contributed by atoms with E-state index in [9.17, 15) is 4.39 Å². The second kappa shape index (κ2) is 7.17. The average molecular weight is 322 g/mol. The fourth-order valence-electron chi connectivity index (χ4n) is 2.48. The van der Waals surface area contributed by atoms with E-state index in [2.05, 4.69) is 46.4 Å². The lowest BCUT2D eigenvalue weighted by Crippen LogP contribution is -2.19. The van der Waals surface area contributed by atoms with Gasteiger partial charge in [-0.05, 0) is 29.7 Å². The Kier molecular flexibility index (Phi) is 4.79. The molecule has 0 aliphatic carbocycles. The van der Waals surface area contributed by atoms with Gasteiger partial charge in [0.15, 0.2) is 0 Å². The third-order valence-corrected chi connectivity index (χ3v) is 3.89. The van der Waals surface area contributed by atoms with E-state index in [0.29, 0.717) is 23.8 Å². The highest BCUT2D eigenvalue weighted by molar-refractivity contribution is 5.59. The predicted octanol–water partition coefficient (Wildman–Crippen LogP) is 3.88. The van der Waals surface area contributed by atoms with Gasteiger partial charge < -0.3 is 4.90 Å². The summed E-state index contributed by atoms with van der Waals surface area (Å²) in [6, 6.07) is 15.0. The van der Waals surface area contributed by atoms with Crippen molar-refractivity contribution in [3.8, 4) is 11.3 Å². The molecule has 0 fully saturated rings. The smallest absolute Gasteiger partial charge is 0.245 e. The molecule has 0 bridgehead atoms. The van der Waals surface area contributed by atoms with Gasteiger partial charge in [0, 0.05) is 19.2 Å². The molecule has 0 aliphatic rings. The van der Waals surface area contributed by atoms with Crippen LogP contribution in [0.15, 0.2) is 54.7 Å². The predicted molar refractivity (Wildman–Crippen MR) is 93.1 cm³/mol. The van der Waals surface area contributed by atoms with E-state index in [4.69, 9.17) is 0 Å². The molecule has 0 radical (unpaired) electrons. The van der Waals surface area contributed by atoms with Crippen LogP contribution in [0.2, 0.25) is 0 Å². The molecule has 0 saturated carbocycles. The molecule has 5 heteroatoms. The molecule has 0 amide bonds. The quantitative estimate of drug-likeness (QED) is 0.715. The highest BCUT2D eigenvalue weighted by Crippen LogP contribution is 2.21. The molecule has 1 heterocycles. The van der Waals surface area contributed by atoms with Crippen molar-refractivity contribution in [2.24, 2.45) is 0 Å². The van der Waals surface area contributed by atoms with E-state index in [1.807, 2.05) is 11.9 Å². The Balaban J connectivity index is 1.81. The number of nitrogens with zero attached hydrogens (tertiary/aromatic N) is 4. The Morgan fingerprint density at radius 1 is 1.00 bits per heavy atom. The summed E-state index contributed by atoms with van der Waals surface area (Å²) >= 11 is 0. The first-order chi connectivity index (χ1) is 11.7. The molecule has 3 rings (SSSR count). The maximum Gasteiger partial charge on any atom is 0.245 e. The summed E-state index contributed by atoms with van der Waals surface area (Å²) in [5.74, 6) is 0.150. The van der Waals surface area contributed by atoms with Gasteiger partial charge in [-0.15, -0.1) is 5.10 Å². The molecule has 0 aliphatic heterocycles. The summed E-state index contributed by atoms with van der Waals surface area (Å²) < 4.78 is 13.9. The average Bonchev–Trinajstić information content (AvgIpc) is 2.63. The van der Waals surface area contributed by atoms with Crippen LogP contribution >= 0.6 is 0 Å². The number of hydrogen-bond acceptors (Lipinski definition) is 4. The summed E-state index contributed by atoms with van der Waals surface area (Å²) in [6.07, 6.45) is 2.50. The fraction of sp³-hybridized carbons (Fsp3) is 0.211. The van der Waals surface area contributed by atoms with E-state index in [1.165, 1.54) is 17.8 Å². The zero-order valence-electron chi connectivity index (χ0n) is 13.8. The molecular weight excluding hydrogens is 303 g/mol. The Morgan fingerprint density at radius 2 is 1.71 bits per heavy atom. The molecule has 24 heavy (non-hydrogen) atoms. The Morgan fingerprint density at radius 3 is 2.42 bits per heavy atom. The van der Waals surface area contributed by atoms with Gasteiger partial charge in [0.05, 0.1) is 11.9 Å². The van der Waals surface area contributed by atoms with Crippen LogP contribution in [0.5, 0.6) is 0 Å². The summed E-state index contributed by atoms with van der Waals surface area (Å²) in [5.41, 5.74) is 3.37. The van der Waals surface area contributed by atoms with Crippen molar-refractivity contribution in [2.45, 2.75) is 19.9 Å². The third kappa shape index (κ3) is 3.56. The Bertz CT molecular complexity index is 818. The van der Waals surface area contributed by atoms with Gasteiger partial charge in [-0.3, -0.25) is 0 Å². The number of hydrogen-bond donors (Lipinski definition) is 0. The van der Waals surface area contributed by atoms with Crippen molar-refractivity contribution in [1.29, 1.82) is 0 Å². The van der Waals surface area contributed by atoms with Crippen molar-refractivity contribution in [3.63, 3.8) is 0 Å². The van der Waals surface area contributed by atoms with Gasteiger partial charge in [0.2, 0.25) is 5.95 Å². The Hall–Kier alpha value is -2.82. The molecule has 3 aromatic rings. The minimum absolute atomic E-state index is 0.318. The Labute approximate surface area is 141 Å². The van der Waals surface area contributed by atoms with Gasteiger partial charge in [0.25, 0.3) is 0 Å². The summed E-state index contributed by atoms with van der Waals surface area (Å²) in [7, 11) is 1.90. The van der Waals surface area contributed by atoms with Gasteiger partial charge in [0.1, 0.15) is 5.82 Å². The number of benzene rings is 2. The standard InChI is InChI=1S/C19H19FN4/c1-3-14-8-10-15(11-9-14)13-24(2)19-22-18(12-21-23-19)16-6-4-5-7-17(16)20/h4-12H,3,13H2,1-2H3. The van der Waals surface area contributed by atoms with Crippen LogP contribution in [-0.4, -0.2) is 22.2 Å². The molecule has 0 N–H and O–H groups in total. The molecule has 1 aromatic heterocycles. The molecule has 122 valence electrons. The van der Waals surface area contributed by atoms with Crippen molar-refractivity contribution in [2.75, 3.05) is 11.9 Å². The minimum atomic E-state index is -0.318. The number of aryl methyl sites for hydroxylation is 1. The zero-order chi connectivity index (χ0) is 16.9. The first kappa shape index (κ1) is 16.1. The largest absolute Gasteiger partial charge is 0.338 e. The first-order valence-electron chi connectivity index (χ1n) is 7.91. The molecule has 4 nitrogen and oxygen atoms in total. The SMILES string of the molecule is CCc1ccc(CN(C)c2nncc(-c3ccccc3F)n2)cc1. The van der Waals surface area contributed by atoms with E-state index < -0.39 is 0 Å². The minimum Gasteiger partial charge on any atom is -0.338 e. The zero-order valence-corrected chi connectivity index (χ0v) is 13.8. The van der Waals surface area contributed by atoms with Crippen LogP contribution in [-0.2, 0) is 13.0 Å². The highest BCUT2D eigenvalue weighted by atomic mass is 19.1. The first-order valence-corrected chi connectivity index (χ1v) is 7.91. The molecule has 0 spiro atoms. The second-order valence-electron chi connectivity index (χ2n) is 5.65. The lowest BCUT2D eigenvalue weighted by atomic mass is 10.1. The summed E-state index contributed by atoms with van der Waals surface area (Å²) in [5, 5.41) is 8.04. The normalized spacial score (nSPS) is 10.6. The van der Waals surface area contributed by atoms with Crippen molar-refractivity contribution >= 4 is 5.95 Å². The summed E-state index contributed by atoms with van der Waals surface area (Å²) in [6.45, 7) is 2.79. The van der Waals surface area contributed by atoms with Crippen molar-refractivity contribution in [1.82, 2.24) is 15.2 Å². The van der Waals surface area contributed by atoms with E-state index in [1.54, 1.807) is 18.2 Å². The maximum absolute atomic E-state index is 13.9. The number of aromatic nitrogens is 3. The monoisotopic (exact) mass is 322 g/mol. The number of halogens is 1. The lowest BCUT2D eigenvalue weighted by molar-refractivity contribution is 0.630. The van der Waals surface area contributed by atoms with Crippen LogP contribution < -0.4 is 4.90 Å². The maximum atomic E-state index is 13.9. The summed E-state index contributed by atoms with van der Waals surface area (Å²) in [4.78, 5) is 6.35. The molecule has 2 aromatic carbocycles. The number of rotatable bonds is 5. The van der Waals surface area contributed by atoms with Gasteiger partial charge in [-0.1, -0.05) is 43.3 Å². The second-order valence-corrected chi connectivity index (χ2v) is 5.65. The van der Waals surface area contributed by atoms with Crippen LogP contribution in [0.1, 0.15) is 18.1 Å². The van der Waals surface area contributed by atoms with Crippen LogP contribution in [0.3, 0.4) is 0 Å². The highest BCUT2D eigenvalue weighted by Gasteiger charge is 2.11. The number of anilines is 1. The van der Waals surface area contributed by atoms with Crippen molar-refractivity contribution in [3.05, 3.63) is 71.7 Å². The van der Waals surface area contributed by atoms with Gasteiger partial charge in [-0.25, -0.2) is 9.37 Å². The van der Waals surface area contributed by atoms with Crippen LogP contribution in [0.25, 0.3) is 11.3 Å². The van der Waals surface area contributed by atoms with Gasteiger partial charge >= 0.3 is 0 Å². The molecule has 0 unspecified atom stereocenters. The van der Waals surface area contributed by atoms with E-state index in [0.717, 1.165) is 12.0 Å². The molecule has 0 saturated heterocycles. The lowest BCUT2D eigenvalue weighted by Gasteiger charge is -2.17.